The first-order valence-corrected chi connectivity index (χ1v) is 9.72. The molecule has 2 aromatic heterocycles. The molecule has 2 aromatic rings. The highest BCUT2D eigenvalue weighted by Gasteiger charge is 2.16. The Morgan fingerprint density at radius 3 is 2.58 bits per heavy atom. The Bertz CT molecular complexity index is 745. The lowest BCUT2D eigenvalue weighted by Gasteiger charge is -2.16. The number of rotatable bonds is 9. The summed E-state index contributed by atoms with van der Waals surface area (Å²) in [6.45, 7) is 7.72. The van der Waals surface area contributed by atoms with Gasteiger partial charge in [-0.15, -0.1) is 11.3 Å². The van der Waals surface area contributed by atoms with Crippen molar-refractivity contribution in [3.8, 4) is 0 Å². The smallest absolute Gasteiger partial charge is 0.268 e. The van der Waals surface area contributed by atoms with Gasteiger partial charge in [0, 0.05) is 18.9 Å². The van der Waals surface area contributed by atoms with Crippen LogP contribution in [0.5, 0.6) is 0 Å². The van der Waals surface area contributed by atoms with Gasteiger partial charge in [-0.25, -0.2) is 0 Å². The molecule has 0 saturated heterocycles. The van der Waals surface area contributed by atoms with E-state index in [-0.39, 0.29) is 17.5 Å². The molecule has 0 radical (unpaired) electrons. The molecular weight excluding hydrogens is 348 g/mol. The number of carbonyl (C=O) groups excluding carboxylic acids is 2. The summed E-state index contributed by atoms with van der Waals surface area (Å²) in [6, 6.07) is 7.34. The van der Waals surface area contributed by atoms with Crippen molar-refractivity contribution >= 4 is 29.2 Å². The van der Waals surface area contributed by atoms with Gasteiger partial charge in [0.25, 0.3) is 11.8 Å². The van der Waals surface area contributed by atoms with Crippen molar-refractivity contribution in [2.45, 2.75) is 13.8 Å². The van der Waals surface area contributed by atoms with Crippen molar-refractivity contribution in [3.63, 3.8) is 0 Å². The molecular formula is C19H27N4O2S+. The molecule has 0 unspecified atom stereocenters. The summed E-state index contributed by atoms with van der Waals surface area (Å²) >= 11 is 1.34. The highest BCUT2D eigenvalue weighted by molar-refractivity contribution is 7.12. The second-order valence-corrected chi connectivity index (χ2v) is 6.94. The van der Waals surface area contributed by atoms with Crippen molar-refractivity contribution in [3.05, 3.63) is 52.1 Å². The van der Waals surface area contributed by atoms with Crippen molar-refractivity contribution in [1.29, 1.82) is 0 Å². The van der Waals surface area contributed by atoms with E-state index in [9.17, 15) is 9.59 Å². The van der Waals surface area contributed by atoms with E-state index in [1.807, 2.05) is 41.4 Å². The summed E-state index contributed by atoms with van der Waals surface area (Å²) in [5.74, 6) is -0.548. The fourth-order valence-electron chi connectivity index (χ4n) is 2.57. The Morgan fingerprint density at radius 1 is 1.23 bits per heavy atom. The van der Waals surface area contributed by atoms with Crippen LogP contribution in [0.4, 0.5) is 0 Å². The number of likely N-dealkylation sites (N-methyl/N-ethyl adjacent to an activating group) is 1. The minimum atomic E-state index is -0.275. The van der Waals surface area contributed by atoms with Gasteiger partial charge >= 0.3 is 0 Å². The molecule has 0 spiro atoms. The first-order valence-electron chi connectivity index (χ1n) is 8.84. The number of aromatic nitrogens is 1. The maximum Gasteiger partial charge on any atom is 0.268 e. The molecule has 2 heterocycles. The van der Waals surface area contributed by atoms with Crippen LogP contribution in [-0.4, -0.2) is 42.6 Å². The molecule has 2 amide bonds. The van der Waals surface area contributed by atoms with Gasteiger partial charge in [-0.3, -0.25) is 9.59 Å². The van der Waals surface area contributed by atoms with E-state index in [0.29, 0.717) is 11.4 Å². The van der Waals surface area contributed by atoms with Gasteiger partial charge in [-0.2, -0.15) is 0 Å². The predicted molar refractivity (Wildman–Crippen MR) is 105 cm³/mol. The van der Waals surface area contributed by atoms with Gasteiger partial charge in [0.15, 0.2) is 0 Å². The fraction of sp³-hybridized carbons (Fsp3) is 0.368. The van der Waals surface area contributed by atoms with E-state index in [0.717, 1.165) is 25.3 Å². The van der Waals surface area contributed by atoms with E-state index in [1.165, 1.54) is 16.2 Å². The molecule has 26 heavy (non-hydrogen) atoms. The molecule has 6 nitrogen and oxygen atoms in total. The summed E-state index contributed by atoms with van der Waals surface area (Å²) in [7, 11) is 1.90. The van der Waals surface area contributed by atoms with Crippen LogP contribution in [-0.2, 0) is 11.8 Å². The number of thiophene rings is 1. The summed E-state index contributed by atoms with van der Waals surface area (Å²) in [5.41, 5.74) is 1.09. The topological polar surface area (TPSA) is 67.6 Å². The third-order valence-corrected chi connectivity index (χ3v) is 5.15. The highest BCUT2D eigenvalue weighted by atomic mass is 32.1. The lowest BCUT2D eigenvalue weighted by atomic mass is 10.3. The van der Waals surface area contributed by atoms with E-state index in [1.54, 1.807) is 12.1 Å². The van der Waals surface area contributed by atoms with E-state index in [4.69, 9.17) is 0 Å². The lowest BCUT2D eigenvalue weighted by Crippen LogP contribution is -3.12. The zero-order valence-corrected chi connectivity index (χ0v) is 16.4. The van der Waals surface area contributed by atoms with Crippen LogP contribution in [0.15, 0.2) is 41.5 Å². The van der Waals surface area contributed by atoms with Crippen LogP contribution >= 0.6 is 11.3 Å². The summed E-state index contributed by atoms with van der Waals surface area (Å²) in [6.07, 6.45) is 3.59. The number of aryl methyl sites for hydroxylation is 1. The molecule has 7 heteroatoms. The Balaban J connectivity index is 2.10. The van der Waals surface area contributed by atoms with E-state index < -0.39 is 0 Å². The quantitative estimate of drug-likeness (QED) is 0.570. The second kappa shape index (κ2) is 9.94. The first-order chi connectivity index (χ1) is 12.5. The molecule has 0 aliphatic carbocycles. The monoisotopic (exact) mass is 375 g/mol. The molecule has 140 valence electrons. The van der Waals surface area contributed by atoms with Gasteiger partial charge in [0.2, 0.25) is 0 Å². The molecule has 0 fully saturated rings. The SMILES string of the molecule is CC[NH+](CC)CCNC(=O)/C(=C\c1cccn1C)NC(=O)c1cccs1. The minimum absolute atomic E-state index is 0.250. The van der Waals surface area contributed by atoms with Crippen molar-refractivity contribution in [2.75, 3.05) is 26.2 Å². The highest BCUT2D eigenvalue weighted by Crippen LogP contribution is 2.11. The molecule has 0 bridgehead atoms. The number of hydrogen-bond acceptors (Lipinski definition) is 3. The average Bonchev–Trinajstić information content (AvgIpc) is 3.30. The fourth-order valence-corrected chi connectivity index (χ4v) is 3.19. The zero-order chi connectivity index (χ0) is 18.9. The third-order valence-electron chi connectivity index (χ3n) is 4.28. The first kappa shape index (κ1) is 19.9. The van der Waals surface area contributed by atoms with Gasteiger partial charge in [-0.05, 0) is 43.5 Å². The Kier molecular flexibility index (Phi) is 7.62. The maximum absolute atomic E-state index is 12.6. The second-order valence-electron chi connectivity index (χ2n) is 6.00. The number of nitrogens with one attached hydrogen (secondary N) is 3. The number of nitrogens with zero attached hydrogens (tertiary/aromatic N) is 1. The number of quaternary nitrogens is 1. The third kappa shape index (κ3) is 5.57. The molecule has 2 rings (SSSR count). The van der Waals surface area contributed by atoms with Crippen molar-refractivity contribution < 1.29 is 14.5 Å². The summed E-state index contributed by atoms with van der Waals surface area (Å²) in [5, 5.41) is 7.50. The number of hydrogen-bond donors (Lipinski definition) is 3. The Labute approximate surface area is 158 Å². The predicted octanol–water partition coefficient (Wildman–Crippen LogP) is 0.898. The largest absolute Gasteiger partial charge is 0.351 e. The van der Waals surface area contributed by atoms with Crippen molar-refractivity contribution in [2.24, 2.45) is 7.05 Å². The minimum Gasteiger partial charge on any atom is -0.351 e. The van der Waals surface area contributed by atoms with E-state index >= 15 is 0 Å². The molecule has 0 aliphatic rings. The van der Waals surface area contributed by atoms with Gasteiger partial charge in [0.1, 0.15) is 5.70 Å². The van der Waals surface area contributed by atoms with Gasteiger partial charge in [-0.1, -0.05) is 6.07 Å². The molecule has 0 atom stereocenters. The van der Waals surface area contributed by atoms with Gasteiger partial charge < -0.3 is 20.1 Å². The van der Waals surface area contributed by atoms with Crippen molar-refractivity contribution in [1.82, 2.24) is 15.2 Å². The van der Waals surface area contributed by atoms with Crippen LogP contribution in [0.25, 0.3) is 6.08 Å². The van der Waals surface area contributed by atoms with Crippen LogP contribution in [0, 0.1) is 0 Å². The number of amides is 2. The zero-order valence-electron chi connectivity index (χ0n) is 15.5. The Hall–Kier alpha value is -2.38. The molecule has 0 aliphatic heterocycles. The van der Waals surface area contributed by atoms with Crippen LogP contribution < -0.4 is 15.5 Å². The number of carbonyl (C=O) groups is 2. The van der Waals surface area contributed by atoms with Crippen LogP contribution in [0.3, 0.4) is 0 Å². The lowest BCUT2D eigenvalue weighted by molar-refractivity contribution is -0.895. The molecule has 0 saturated carbocycles. The molecule has 0 aromatic carbocycles. The molecule has 3 N–H and O–H groups in total. The summed E-state index contributed by atoms with van der Waals surface area (Å²) in [4.78, 5) is 27.0. The maximum atomic E-state index is 12.6. The normalized spacial score (nSPS) is 11.6. The van der Waals surface area contributed by atoms with Crippen LogP contribution in [0.2, 0.25) is 0 Å². The summed E-state index contributed by atoms with van der Waals surface area (Å²) < 4.78 is 1.89. The van der Waals surface area contributed by atoms with Gasteiger partial charge in [0.05, 0.1) is 31.1 Å². The Morgan fingerprint density at radius 2 is 2.00 bits per heavy atom. The standard InChI is InChI=1S/C19H26N4O2S/c1-4-23(5-2)12-10-20-18(24)16(14-15-8-6-11-22(15)3)21-19(25)17-9-7-13-26-17/h6-9,11,13-14H,4-5,10,12H2,1-3H3,(H,20,24)(H,21,25)/p+1/b16-14+. The average molecular weight is 376 g/mol. The van der Waals surface area contributed by atoms with Crippen LogP contribution in [0.1, 0.15) is 29.2 Å². The van der Waals surface area contributed by atoms with E-state index in [2.05, 4.69) is 24.5 Å².